The zero-order valence-electron chi connectivity index (χ0n) is 13.8. The molecule has 0 radical (unpaired) electrons. The summed E-state index contributed by atoms with van der Waals surface area (Å²) in [6.45, 7) is 0.399. The van der Waals surface area contributed by atoms with Crippen molar-refractivity contribution in [1.29, 1.82) is 0 Å². The van der Waals surface area contributed by atoms with E-state index < -0.39 is 0 Å². The number of hydrogen-bond donors (Lipinski definition) is 2. The number of hydrogen-bond acceptors (Lipinski definition) is 4. The van der Waals surface area contributed by atoms with Crippen molar-refractivity contribution < 1.29 is 9.53 Å². The molecule has 25 heavy (non-hydrogen) atoms. The maximum atomic E-state index is 12.2. The number of nitrogens with two attached hydrogens (primary N) is 1. The van der Waals surface area contributed by atoms with Crippen LogP contribution < -0.4 is 15.8 Å². The van der Waals surface area contributed by atoms with Crippen LogP contribution in [-0.2, 0) is 11.4 Å². The first-order valence-corrected chi connectivity index (χ1v) is 7.90. The van der Waals surface area contributed by atoms with Crippen molar-refractivity contribution in [3.63, 3.8) is 0 Å². The van der Waals surface area contributed by atoms with Gasteiger partial charge in [0, 0.05) is 29.9 Å². The van der Waals surface area contributed by atoms with Crippen LogP contribution in [0, 0.1) is 5.92 Å². The van der Waals surface area contributed by atoms with Crippen LogP contribution >= 0.6 is 24.8 Å². The molecule has 1 heterocycles. The van der Waals surface area contributed by atoms with Crippen molar-refractivity contribution in [3.8, 4) is 5.75 Å². The van der Waals surface area contributed by atoms with E-state index in [-0.39, 0.29) is 42.7 Å². The lowest BCUT2D eigenvalue weighted by Crippen LogP contribution is -2.23. The van der Waals surface area contributed by atoms with Gasteiger partial charge in [0.15, 0.2) is 0 Å². The Morgan fingerprint density at radius 2 is 2.04 bits per heavy atom. The maximum Gasteiger partial charge on any atom is 0.227 e. The molecule has 2 aromatic rings. The molecule has 1 amide bonds. The van der Waals surface area contributed by atoms with Crippen LogP contribution in [0.5, 0.6) is 5.75 Å². The fraction of sp³-hybridized carbons (Fsp3) is 0.333. The minimum absolute atomic E-state index is 0. The summed E-state index contributed by atoms with van der Waals surface area (Å²) in [6.07, 6.45) is 4.29. The number of nitrogens with one attached hydrogen (secondary N) is 1. The smallest absolute Gasteiger partial charge is 0.227 e. The Labute approximate surface area is 160 Å². The average molecular weight is 384 g/mol. The molecule has 2 unspecified atom stereocenters. The number of rotatable bonds is 5. The highest BCUT2D eigenvalue weighted by atomic mass is 35.5. The lowest BCUT2D eigenvalue weighted by molar-refractivity contribution is -0.119. The molecule has 3 N–H and O–H groups in total. The number of benzene rings is 1. The molecule has 1 aliphatic carbocycles. The molecule has 0 spiro atoms. The molecule has 0 saturated heterocycles. The molecule has 7 heteroatoms. The van der Waals surface area contributed by atoms with Crippen LogP contribution in [-0.4, -0.2) is 16.9 Å². The van der Waals surface area contributed by atoms with E-state index in [0.717, 1.165) is 30.6 Å². The number of carbonyl (C=O) groups excluding carboxylic acids is 1. The summed E-state index contributed by atoms with van der Waals surface area (Å²) < 4.78 is 5.72. The van der Waals surface area contributed by atoms with Gasteiger partial charge in [0.2, 0.25) is 5.91 Å². The highest BCUT2D eigenvalue weighted by molar-refractivity contribution is 5.92. The Kier molecular flexibility index (Phi) is 8.69. The predicted molar refractivity (Wildman–Crippen MR) is 103 cm³/mol. The fourth-order valence-corrected chi connectivity index (χ4v) is 2.80. The highest BCUT2D eigenvalue weighted by Gasteiger charge is 2.27. The molecule has 1 aromatic heterocycles. The number of anilines is 1. The molecule has 3 rings (SSSR count). The first kappa shape index (κ1) is 21.2. The van der Waals surface area contributed by atoms with Gasteiger partial charge in [-0.15, -0.1) is 24.8 Å². The van der Waals surface area contributed by atoms with Crippen LogP contribution in [0.1, 0.15) is 25.0 Å². The van der Waals surface area contributed by atoms with E-state index in [1.54, 1.807) is 6.20 Å². The van der Waals surface area contributed by atoms with E-state index in [0.29, 0.717) is 12.4 Å². The van der Waals surface area contributed by atoms with Gasteiger partial charge in [0.25, 0.3) is 0 Å². The zero-order valence-corrected chi connectivity index (χ0v) is 15.4. The number of nitrogens with zero attached hydrogens (tertiary/aromatic N) is 1. The van der Waals surface area contributed by atoms with Gasteiger partial charge >= 0.3 is 0 Å². The van der Waals surface area contributed by atoms with Crippen molar-refractivity contribution in [3.05, 3.63) is 54.4 Å². The minimum atomic E-state index is 0. The van der Waals surface area contributed by atoms with Crippen LogP contribution in [0.3, 0.4) is 0 Å². The second-order valence-electron chi connectivity index (χ2n) is 5.90. The largest absolute Gasteiger partial charge is 0.487 e. The number of ether oxygens (including phenoxy) is 1. The summed E-state index contributed by atoms with van der Waals surface area (Å²) in [4.78, 5) is 16.5. The first-order chi connectivity index (χ1) is 11.2. The van der Waals surface area contributed by atoms with E-state index >= 15 is 0 Å². The molecule has 0 bridgehead atoms. The predicted octanol–water partition coefficient (Wildman–Crippen LogP) is 3.57. The third-order valence-corrected chi connectivity index (χ3v) is 4.06. The maximum absolute atomic E-state index is 12.2. The third kappa shape index (κ3) is 6.20. The van der Waals surface area contributed by atoms with Crippen LogP contribution in [0.2, 0.25) is 0 Å². The zero-order chi connectivity index (χ0) is 16.1. The second-order valence-corrected chi connectivity index (χ2v) is 5.90. The minimum Gasteiger partial charge on any atom is -0.487 e. The Morgan fingerprint density at radius 1 is 1.20 bits per heavy atom. The van der Waals surface area contributed by atoms with Gasteiger partial charge in [0.1, 0.15) is 12.4 Å². The van der Waals surface area contributed by atoms with E-state index in [2.05, 4.69) is 10.3 Å². The first-order valence-electron chi connectivity index (χ1n) is 7.90. The van der Waals surface area contributed by atoms with Crippen molar-refractivity contribution in [2.45, 2.75) is 31.9 Å². The van der Waals surface area contributed by atoms with Crippen LogP contribution in [0.25, 0.3) is 0 Å². The van der Waals surface area contributed by atoms with Crippen LogP contribution in [0.15, 0.2) is 48.7 Å². The fourth-order valence-electron chi connectivity index (χ4n) is 2.80. The number of aromatic nitrogens is 1. The molecular weight excluding hydrogens is 361 g/mol. The highest BCUT2D eigenvalue weighted by Crippen LogP contribution is 2.26. The van der Waals surface area contributed by atoms with Gasteiger partial charge in [-0.1, -0.05) is 12.1 Å². The van der Waals surface area contributed by atoms with Gasteiger partial charge < -0.3 is 15.8 Å². The Balaban J connectivity index is 0.00000156. The normalized spacial score (nSPS) is 18.6. The quantitative estimate of drug-likeness (QED) is 0.826. The Hall–Kier alpha value is -1.82. The summed E-state index contributed by atoms with van der Waals surface area (Å²) in [7, 11) is 0. The topological polar surface area (TPSA) is 77.2 Å². The lowest BCUT2D eigenvalue weighted by Gasteiger charge is -2.12. The van der Waals surface area contributed by atoms with E-state index in [9.17, 15) is 4.79 Å². The van der Waals surface area contributed by atoms with Gasteiger partial charge in [-0.3, -0.25) is 9.78 Å². The second kappa shape index (κ2) is 10.2. The SMILES string of the molecule is Cl.Cl.NC1CCC(C(=O)Nc2cccc(OCc3ccccn3)c2)C1. The van der Waals surface area contributed by atoms with Crippen molar-refractivity contribution >= 4 is 36.4 Å². The number of pyridine rings is 1. The Bertz CT molecular complexity index is 670. The monoisotopic (exact) mass is 383 g/mol. The van der Waals surface area contributed by atoms with Gasteiger partial charge in [0.05, 0.1) is 5.69 Å². The van der Waals surface area contributed by atoms with E-state index in [1.165, 1.54) is 0 Å². The van der Waals surface area contributed by atoms with Crippen molar-refractivity contribution in [1.82, 2.24) is 4.98 Å². The summed E-state index contributed by atoms with van der Waals surface area (Å²) >= 11 is 0. The summed E-state index contributed by atoms with van der Waals surface area (Å²) in [6, 6.07) is 13.3. The summed E-state index contributed by atoms with van der Waals surface area (Å²) in [5.41, 5.74) is 7.48. The summed E-state index contributed by atoms with van der Waals surface area (Å²) in [5.74, 6) is 0.763. The van der Waals surface area contributed by atoms with Gasteiger partial charge in [-0.2, -0.15) is 0 Å². The van der Waals surface area contributed by atoms with E-state index in [4.69, 9.17) is 10.5 Å². The molecule has 1 aliphatic rings. The molecule has 1 saturated carbocycles. The lowest BCUT2D eigenvalue weighted by atomic mass is 10.1. The molecule has 0 aliphatic heterocycles. The van der Waals surface area contributed by atoms with Gasteiger partial charge in [-0.05, 0) is 43.5 Å². The molecule has 1 fully saturated rings. The average Bonchev–Trinajstić information content (AvgIpc) is 3.01. The third-order valence-electron chi connectivity index (χ3n) is 4.06. The molecule has 5 nitrogen and oxygen atoms in total. The molecule has 136 valence electrons. The van der Waals surface area contributed by atoms with E-state index in [1.807, 2.05) is 42.5 Å². The standard InChI is InChI=1S/C18H21N3O2.2ClH/c19-14-8-7-13(10-14)18(22)21-15-5-3-6-17(11-15)23-12-16-4-1-2-9-20-16;;/h1-6,9,11,13-14H,7-8,10,12,19H2,(H,21,22);2*1H. The number of carbonyl (C=O) groups is 1. The summed E-state index contributed by atoms with van der Waals surface area (Å²) in [5, 5.41) is 2.95. The Morgan fingerprint density at radius 3 is 2.72 bits per heavy atom. The molecule has 2 atom stereocenters. The molecular formula is C18H23Cl2N3O2. The van der Waals surface area contributed by atoms with Gasteiger partial charge in [-0.25, -0.2) is 0 Å². The van der Waals surface area contributed by atoms with Crippen LogP contribution in [0.4, 0.5) is 5.69 Å². The number of amides is 1. The van der Waals surface area contributed by atoms with Crippen molar-refractivity contribution in [2.75, 3.05) is 5.32 Å². The molecule has 1 aromatic carbocycles. The number of halogens is 2. The van der Waals surface area contributed by atoms with Crippen molar-refractivity contribution in [2.24, 2.45) is 11.7 Å².